The van der Waals surface area contributed by atoms with Crippen molar-refractivity contribution in [3.05, 3.63) is 47.2 Å². The number of esters is 1. The summed E-state index contributed by atoms with van der Waals surface area (Å²) in [6.45, 7) is 4.63. The van der Waals surface area contributed by atoms with Gasteiger partial charge in [0.2, 0.25) is 0 Å². The van der Waals surface area contributed by atoms with Crippen molar-refractivity contribution < 1.29 is 14.3 Å². The molecule has 1 N–H and O–H groups in total. The van der Waals surface area contributed by atoms with E-state index in [1.54, 1.807) is 0 Å². The molecule has 1 aromatic rings. The lowest BCUT2D eigenvalue weighted by Crippen LogP contribution is -2.35. The fourth-order valence-corrected chi connectivity index (χ4v) is 2.59. The van der Waals surface area contributed by atoms with Gasteiger partial charge in [-0.1, -0.05) is 36.8 Å². The maximum absolute atomic E-state index is 12.1. The Bertz CT molecular complexity index is 560. The predicted molar refractivity (Wildman–Crippen MR) is 80.4 cm³/mol. The van der Waals surface area contributed by atoms with Gasteiger partial charge in [-0.15, -0.1) is 0 Å². The first-order chi connectivity index (χ1) is 10.0. The molecule has 1 aromatic carbocycles. The molecule has 4 heteroatoms. The molecule has 0 heterocycles. The summed E-state index contributed by atoms with van der Waals surface area (Å²) in [5.41, 5.74) is 3.27. The number of benzene rings is 1. The zero-order valence-corrected chi connectivity index (χ0v) is 12.7. The third-order valence-electron chi connectivity index (χ3n) is 3.83. The lowest BCUT2D eigenvalue weighted by Gasteiger charge is -2.26. The van der Waals surface area contributed by atoms with Crippen LogP contribution in [0.2, 0.25) is 0 Å². The van der Waals surface area contributed by atoms with Crippen LogP contribution in [0, 0.1) is 18.8 Å². The molecule has 0 amide bonds. The van der Waals surface area contributed by atoms with Crippen LogP contribution in [0.3, 0.4) is 0 Å². The Hall–Kier alpha value is -2.10. The zero-order chi connectivity index (χ0) is 15.4. The summed E-state index contributed by atoms with van der Waals surface area (Å²) in [6, 6.07) is 8.25. The van der Waals surface area contributed by atoms with Crippen LogP contribution in [0.4, 0.5) is 0 Å². The molecule has 0 aromatic heterocycles. The van der Waals surface area contributed by atoms with Crippen molar-refractivity contribution in [2.24, 2.45) is 11.8 Å². The van der Waals surface area contributed by atoms with E-state index in [2.05, 4.69) is 29.6 Å². The van der Waals surface area contributed by atoms with Crippen molar-refractivity contribution >= 4 is 11.8 Å². The van der Waals surface area contributed by atoms with Gasteiger partial charge in [0.15, 0.2) is 5.78 Å². The van der Waals surface area contributed by atoms with E-state index in [-0.39, 0.29) is 11.7 Å². The molecule has 21 heavy (non-hydrogen) atoms. The Labute approximate surface area is 125 Å². The molecule has 2 rings (SSSR count). The molecule has 112 valence electrons. The minimum atomic E-state index is -0.667. The van der Waals surface area contributed by atoms with Crippen LogP contribution in [0.15, 0.2) is 36.0 Å². The Morgan fingerprint density at radius 1 is 1.33 bits per heavy atom. The van der Waals surface area contributed by atoms with Gasteiger partial charge < -0.3 is 10.1 Å². The average Bonchev–Trinajstić information content (AvgIpc) is 2.45. The van der Waals surface area contributed by atoms with Crippen molar-refractivity contribution in [3.8, 4) is 0 Å². The highest BCUT2D eigenvalue weighted by atomic mass is 16.5. The minimum Gasteiger partial charge on any atom is -0.468 e. The largest absolute Gasteiger partial charge is 0.468 e. The average molecular weight is 287 g/mol. The highest BCUT2D eigenvalue weighted by Crippen LogP contribution is 2.27. The minimum absolute atomic E-state index is 0.0459. The first-order valence-electron chi connectivity index (χ1n) is 7.13. The van der Waals surface area contributed by atoms with E-state index in [1.807, 2.05) is 13.8 Å². The van der Waals surface area contributed by atoms with Crippen LogP contribution < -0.4 is 5.32 Å². The predicted octanol–water partition coefficient (Wildman–Crippen LogP) is 2.37. The molecule has 2 atom stereocenters. The number of methoxy groups -OCH3 is 1. The van der Waals surface area contributed by atoms with Crippen LogP contribution in [0.25, 0.3) is 0 Å². The topological polar surface area (TPSA) is 55.4 Å². The van der Waals surface area contributed by atoms with Crippen molar-refractivity contribution in [2.45, 2.75) is 26.8 Å². The van der Waals surface area contributed by atoms with Gasteiger partial charge in [0.25, 0.3) is 0 Å². The quantitative estimate of drug-likeness (QED) is 0.682. The molecule has 1 aliphatic carbocycles. The van der Waals surface area contributed by atoms with Gasteiger partial charge in [-0.05, 0) is 24.8 Å². The molecule has 0 saturated carbocycles. The monoisotopic (exact) mass is 287 g/mol. The number of allylic oxidation sites excluding steroid dienone is 2. The van der Waals surface area contributed by atoms with Crippen molar-refractivity contribution in [1.29, 1.82) is 0 Å². The van der Waals surface area contributed by atoms with Crippen molar-refractivity contribution in [3.63, 3.8) is 0 Å². The number of hydrogen-bond acceptors (Lipinski definition) is 4. The van der Waals surface area contributed by atoms with E-state index >= 15 is 0 Å². The lowest BCUT2D eigenvalue weighted by atomic mass is 9.82. The molecular weight excluding hydrogens is 266 g/mol. The smallest absolute Gasteiger partial charge is 0.316 e. The second kappa shape index (κ2) is 6.57. The summed E-state index contributed by atoms with van der Waals surface area (Å²) in [6.07, 6.45) is 2.22. The number of rotatable bonds is 4. The maximum Gasteiger partial charge on any atom is 0.316 e. The molecule has 4 nitrogen and oxygen atoms in total. The van der Waals surface area contributed by atoms with Crippen LogP contribution >= 0.6 is 0 Å². The standard InChI is InChI=1S/C17H21NO3/c1-11-4-6-13(7-5-11)10-18-14-8-12(2)16(15(19)9-14)17(20)21-3/h4-7,9,12,16,18H,8,10H2,1-3H3/t12-,16+/m1/s1. The highest BCUT2D eigenvalue weighted by molar-refractivity contribution is 6.06. The highest BCUT2D eigenvalue weighted by Gasteiger charge is 2.35. The van der Waals surface area contributed by atoms with E-state index in [4.69, 9.17) is 4.74 Å². The third-order valence-corrected chi connectivity index (χ3v) is 3.83. The molecular formula is C17H21NO3. The molecule has 0 unspecified atom stereocenters. The second-order valence-electron chi connectivity index (χ2n) is 5.59. The van der Waals surface area contributed by atoms with Crippen LogP contribution in [-0.2, 0) is 20.9 Å². The number of nitrogens with one attached hydrogen (secondary N) is 1. The van der Waals surface area contributed by atoms with Crippen LogP contribution in [-0.4, -0.2) is 18.9 Å². The SMILES string of the molecule is COC(=O)[C@@H]1C(=O)C=C(NCc2ccc(C)cc2)C[C@H]1C. The Morgan fingerprint density at radius 2 is 2.00 bits per heavy atom. The van der Waals surface area contributed by atoms with Crippen molar-refractivity contribution in [1.82, 2.24) is 5.32 Å². The summed E-state index contributed by atoms with van der Waals surface area (Å²) < 4.78 is 4.70. The van der Waals surface area contributed by atoms with Crippen molar-refractivity contribution in [2.75, 3.05) is 7.11 Å². The van der Waals surface area contributed by atoms with Gasteiger partial charge in [0, 0.05) is 18.3 Å². The van der Waals surface area contributed by atoms with Gasteiger partial charge in [-0.3, -0.25) is 9.59 Å². The molecule has 0 fully saturated rings. The van der Waals surface area contributed by atoms with E-state index < -0.39 is 11.9 Å². The van der Waals surface area contributed by atoms with Gasteiger partial charge in [-0.2, -0.15) is 0 Å². The fourth-order valence-electron chi connectivity index (χ4n) is 2.59. The molecule has 0 aliphatic heterocycles. The molecule has 0 spiro atoms. The van der Waals surface area contributed by atoms with Crippen LogP contribution in [0.5, 0.6) is 0 Å². The van der Waals surface area contributed by atoms with E-state index in [0.717, 1.165) is 11.3 Å². The molecule has 1 aliphatic rings. The molecule has 0 radical (unpaired) electrons. The van der Waals surface area contributed by atoms with Crippen LogP contribution in [0.1, 0.15) is 24.5 Å². The number of hydrogen-bond donors (Lipinski definition) is 1. The number of aryl methyl sites for hydroxylation is 1. The summed E-state index contributed by atoms with van der Waals surface area (Å²) in [7, 11) is 1.32. The normalized spacial score (nSPS) is 21.7. The number of ether oxygens (including phenoxy) is 1. The lowest BCUT2D eigenvalue weighted by molar-refractivity contribution is -0.150. The Morgan fingerprint density at radius 3 is 2.57 bits per heavy atom. The first-order valence-corrected chi connectivity index (χ1v) is 7.13. The molecule has 0 bridgehead atoms. The molecule has 0 saturated heterocycles. The zero-order valence-electron chi connectivity index (χ0n) is 12.7. The third kappa shape index (κ3) is 3.72. The number of ketones is 1. The van der Waals surface area contributed by atoms with E-state index in [9.17, 15) is 9.59 Å². The van der Waals surface area contributed by atoms with Gasteiger partial charge >= 0.3 is 5.97 Å². The van der Waals surface area contributed by atoms with Gasteiger partial charge in [0.1, 0.15) is 5.92 Å². The number of carbonyl (C=O) groups excluding carboxylic acids is 2. The van der Waals surface area contributed by atoms with E-state index in [0.29, 0.717) is 13.0 Å². The summed E-state index contributed by atoms with van der Waals surface area (Å²) >= 11 is 0. The second-order valence-corrected chi connectivity index (χ2v) is 5.59. The first kappa shape index (κ1) is 15.3. The maximum atomic E-state index is 12.1. The fraction of sp³-hybridized carbons (Fsp3) is 0.412. The number of carbonyl (C=O) groups is 2. The van der Waals surface area contributed by atoms with Gasteiger partial charge in [-0.25, -0.2) is 0 Å². The van der Waals surface area contributed by atoms with Gasteiger partial charge in [0.05, 0.1) is 7.11 Å². The Balaban J connectivity index is 2.00. The summed E-state index contributed by atoms with van der Waals surface area (Å²) in [5.74, 6) is -1.33. The Kier molecular flexibility index (Phi) is 4.78. The van der Waals surface area contributed by atoms with E-state index in [1.165, 1.54) is 18.7 Å². The summed E-state index contributed by atoms with van der Waals surface area (Å²) in [5, 5.41) is 3.28. The summed E-state index contributed by atoms with van der Waals surface area (Å²) in [4.78, 5) is 23.7.